The van der Waals surface area contributed by atoms with Crippen LogP contribution in [0.4, 0.5) is 5.69 Å². The first-order chi connectivity index (χ1) is 23.3. The molecule has 3 aliphatic rings. The van der Waals surface area contributed by atoms with E-state index < -0.39 is 0 Å². The van der Waals surface area contributed by atoms with Crippen LogP contribution in [0.3, 0.4) is 0 Å². The molecule has 0 saturated carbocycles. The quantitative estimate of drug-likeness (QED) is 0.183. The standard InChI is InChI=1S/C45H26N2/c1-3-12-30-26(10-1)21-37(34-16-7-5-14-32(30)34)28-20-29-25-46-41-24-39(36-18-9-19-40-44(36)45(41)43(29)42(23-28)47-40)38-22-27-11-2-4-13-31(27)33-15-6-8-17-35(33)38/h1-25,44H. The van der Waals surface area contributed by atoms with E-state index in [4.69, 9.17) is 9.98 Å². The highest BCUT2D eigenvalue weighted by atomic mass is 14.8. The lowest BCUT2D eigenvalue weighted by Crippen LogP contribution is -2.23. The molecule has 1 atom stereocenters. The summed E-state index contributed by atoms with van der Waals surface area (Å²) in [6.45, 7) is 0. The summed E-state index contributed by atoms with van der Waals surface area (Å²) < 4.78 is 0. The maximum absolute atomic E-state index is 5.41. The first-order valence-electron chi connectivity index (χ1n) is 16.3. The van der Waals surface area contributed by atoms with Crippen molar-refractivity contribution in [2.75, 3.05) is 0 Å². The predicted octanol–water partition coefficient (Wildman–Crippen LogP) is 11.7. The molecule has 216 valence electrons. The van der Waals surface area contributed by atoms with Gasteiger partial charge in [-0.25, -0.2) is 0 Å². The van der Waals surface area contributed by atoms with E-state index in [9.17, 15) is 0 Å². The van der Waals surface area contributed by atoms with Gasteiger partial charge in [0.2, 0.25) is 0 Å². The molecule has 0 spiro atoms. The third-order valence-electron chi connectivity index (χ3n) is 10.5. The zero-order valence-corrected chi connectivity index (χ0v) is 25.4. The summed E-state index contributed by atoms with van der Waals surface area (Å²) in [5.74, 6) is 0.0521. The Balaban J connectivity index is 1.17. The van der Waals surface area contributed by atoms with Crippen molar-refractivity contribution in [2.24, 2.45) is 4.99 Å². The molecule has 2 aliphatic carbocycles. The molecule has 0 amide bonds. The number of aromatic nitrogens is 1. The molecule has 2 nitrogen and oxygen atoms in total. The van der Waals surface area contributed by atoms with Gasteiger partial charge in [-0.3, -0.25) is 9.98 Å². The summed E-state index contributed by atoms with van der Waals surface area (Å²) in [5.41, 5.74) is 10.6. The summed E-state index contributed by atoms with van der Waals surface area (Å²) in [6.07, 6.45) is 11.0. The molecule has 8 aromatic rings. The van der Waals surface area contributed by atoms with Crippen LogP contribution in [0.2, 0.25) is 0 Å². The van der Waals surface area contributed by atoms with Crippen LogP contribution in [0, 0.1) is 0 Å². The molecule has 0 radical (unpaired) electrons. The number of rotatable bonds is 2. The first kappa shape index (κ1) is 25.1. The Bertz CT molecular complexity index is 2850. The Labute approximate surface area is 271 Å². The number of hydrogen-bond donors (Lipinski definition) is 0. The highest BCUT2D eigenvalue weighted by Crippen LogP contribution is 2.53. The van der Waals surface area contributed by atoms with Crippen LogP contribution >= 0.6 is 0 Å². The van der Waals surface area contributed by atoms with Crippen molar-refractivity contribution in [1.82, 2.24) is 4.98 Å². The lowest BCUT2D eigenvalue weighted by molar-refractivity contribution is 1.04. The van der Waals surface area contributed by atoms with Crippen LogP contribution in [-0.4, -0.2) is 10.7 Å². The van der Waals surface area contributed by atoms with Crippen LogP contribution in [-0.2, 0) is 0 Å². The lowest BCUT2D eigenvalue weighted by Gasteiger charge is -2.34. The number of pyridine rings is 1. The minimum Gasteiger partial charge on any atom is -0.256 e. The summed E-state index contributed by atoms with van der Waals surface area (Å²) >= 11 is 0. The molecule has 0 fully saturated rings. The van der Waals surface area contributed by atoms with E-state index in [0.29, 0.717) is 0 Å². The van der Waals surface area contributed by atoms with Crippen molar-refractivity contribution in [2.45, 2.75) is 5.92 Å². The fourth-order valence-corrected chi connectivity index (χ4v) is 8.45. The minimum absolute atomic E-state index is 0.0521. The number of allylic oxidation sites excluding steroid dienone is 5. The molecule has 1 aliphatic heterocycles. The summed E-state index contributed by atoms with van der Waals surface area (Å²) in [6, 6.07) is 44.2. The lowest BCUT2D eigenvalue weighted by atomic mass is 9.71. The van der Waals surface area contributed by atoms with E-state index in [2.05, 4.69) is 152 Å². The van der Waals surface area contributed by atoms with Gasteiger partial charge in [0.25, 0.3) is 0 Å². The Hall–Kier alpha value is -6.12. The van der Waals surface area contributed by atoms with E-state index in [1.807, 2.05) is 0 Å². The largest absolute Gasteiger partial charge is 0.256 e. The molecular weight excluding hydrogens is 569 g/mol. The van der Waals surface area contributed by atoms with Crippen molar-refractivity contribution >= 4 is 76.9 Å². The van der Waals surface area contributed by atoms with Crippen molar-refractivity contribution in [3.05, 3.63) is 168 Å². The molecule has 0 saturated heterocycles. The minimum atomic E-state index is 0.0521. The second kappa shape index (κ2) is 9.22. The number of benzene rings is 7. The second-order valence-corrected chi connectivity index (χ2v) is 12.9. The Morgan fingerprint density at radius 1 is 0.553 bits per heavy atom. The van der Waals surface area contributed by atoms with Gasteiger partial charge in [-0.15, -0.1) is 0 Å². The smallest absolute Gasteiger partial charge is 0.0722 e. The third kappa shape index (κ3) is 3.45. The van der Waals surface area contributed by atoms with Gasteiger partial charge in [0, 0.05) is 22.5 Å². The number of hydrogen-bond acceptors (Lipinski definition) is 2. The summed E-state index contributed by atoms with van der Waals surface area (Å²) in [5, 5.41) is 12.5. The van der Waals surface area contributed by atoms with Crippen molar-refractivity contribution in [1.29, 1.82) is 0 Å². The predicted molar refractivity (Wildman–Crippen MR) is 199 cm³/mol. The van der Waals surface area contributed by atoms with Crippen LogP contribution in [0.1, 0.15) is 22.7 Å². The monoisotopic (exact) mass is 594 g/mol. The summed E-state index contributed by atoms with van der Waals surface area (Å²) in [7, 11) is 0. The molecule has 11 rings (SSSR count). The maximum Gasteiger partial charge on any atom is 0.0722 e. The van der Waals surface area contributed by atoms with Gasteiger partial charge in [-0.05, 0) is 107 Å². The van der Waals surface area contributed by atoms with Crippen LogP contribution in [0.5, 0.6) is 0 Å². The number of nitrogens with zero attached hydrogens (tertiary/aromatic N) is 2. The second-order valence-electron chi connectivity index (χ2n) is 12.9. The fourth-order valence-electron chi connectivity index (χ4n) is 8.45. The van der Waals surface area contributed by atoms with Crippen molar-refractivity contribution < 1.29 is 0 Å². The highest BCUT2D eigenvalue weighted by molar-refractivity contribution is 6.22. The van der Waals surface area contributed by atoms with E-state index in [-0.39, 0.29) is 5.92 Å². The van der Waals surface area contributed by atoms with E-state index in [1.54, 1.807) is 0 Å². The van der Waals surface area contributed by atoms with Gasteiger partial charge in [-0.1, -0.05) is 109 Å². The van der Waals surface area contributed by atoms with Crippen molar-refractivity contribution in [3.63, 3.8) is 0 Å². The van der Waals surface area contributed by atoms with Crippen molar-refractivity contribution in [3.8, 4) is 11.1 Å². The molecule has 1 aromatic heterocycles. The molecule has 1 unspecified atom stereocenters. The van der Waals surface area contributed by atoms with E-state index in [0.717, 1.165) is 22.5 Å². The van der Waals surface area contributed by atoms with Crippen LogP contribution < -0.4 is 0 Å². The Morgan fingerprint density at radius 2 is 1.17 bits per heavy atom. The highest BCUT2D eigenvalue weighted by Gasteiger charge is 2.37. The Kier molecular flexibility index (Phi) is 4.92. The topological polar surface area (TPSA) is 25.2 Å². The van der Waals surface area contributed by atoms with Gasteiger partial charge >= 0.3 is 0 Å². The van der Waals surface area contributed by atoms with Gasteiger partial charge in [0.1, 0.15) is 0 Å². The van der Waals surface area contributed by atoms with E-state index >= 15 is 0 Å². The zero-order chi connectivity index (χ0) is 30.6. The molecule has 0 N–H and O–H groups in total. The van der Waals surface area contributed by atoms with Gasteiger partial charge in [0.05, 0.1) is 23.0 Å². The van der Waals surface area contributed by atoms with Gasteiger partial charge in [0.15, 0.2) is 0 Å². The SMILES string of the molecule is C1=CC2=Nc3cc(-c4cc5ccccc5c5ccccc45)cc4cnc5c(c34)C2C(=C1)C(c1cc2ccccc2c2ccccc12)=C5. The third-order valence-corrected chi connectivity index (χ3v) is 10.5. The maximum atomic E-state index is 5.41. The average molecular weight is 595 g/mol. The molecule has 2 heterocycles. The molecular formula is C45H26N2. The molecule has 47 heavy (non-hydrogen) atoms. The fraction of sp³-hybridized carbons (Fsp3) is 0.0222. The molecule has 0 bridgehead atoms. The average Bonchev–Trinajstić information content (AvgIpc) is 3.13. The number of fused-ring (bicyclic) bond motifs is 6. The number of aliphatic imine (C=N–C) groups is 1. The normalized spacial score (nSPS) is 16.2. The van der Waals surface area contributed by atoms with Gasteiger partial charge in [-0.2, -0.15) is 0 Å². The molecule has 7 aromatic carbocycles. The van der Waals surface area contributed by atoms with Crippen LogP contribution in [0.25, 0.3) is 76.6 Å². The van der Waals surface area contributed by atoms with Crippen LogP contribution in [0.15, 0.2) is 156 Å². The Morgan fingerprint density at radius 3 is 1.89 bits per heavy atom. The van der Waals surface area contributed by atoms with E-state index in [1.165, 1.54) is 81.9 Å². The summed E-state index contributed by atoms with van der Waals surface area (Å²) in [4.78, 5) is 10.6. The molecule has 2 heteroatoms. The first-order valence-corrected chi connectivity index (χ1v) is 16.3. The van der Waals surface area contributed by atoms with Gasteiger partial charge < -0.3 is 0 Å². The zero-order valence-electron chi connectivity index (χ0n) is 25.4.